The Morgan fingerprint density at radius 1 is 1.24 bits per heavy atom. The standard InChI is InChI=1S/C14H13N3O4/c1-9-2-4-10(5-3-9)11(18)8-12(19)14(21)17-16-13(20)6-7-15/h2-5,8,18H,6H2,1H3,(H,16,20)(H,17,21)/b11-8-. The zero-order chi connectivity index (χ0) is 15.8. The number of amides is 2. The van der Waals surface area contributed by atoms with Gasteiger partial charge < -0.3 is 5.11 Å². The van der Waals surface area contributed by atoms with Crippen molar-refractivity contribution >= 4 is 23.4 Å². The van der Waals surface area contributed by atoms with Gasteiger partial charge >= 0.3 is 5.91 Å². The molecule has 0 aliphatic heterocycles. The molecule has 7 nitrogen and oxygen atoms in total. The number of nitrogens with one attached hydrogen (secondary N) is 2. The molecule has 7 heteroatoms. The normalized spacial score (nSPS) is 10.4. The second-order valence-electron chi connectivity index (χ2n) is 4.10. The van der Waals surface area contributed by atoms with Crippen molar-refractivity contribution in [2.75, 3.05) is 0 Å². The average molecular weight is 287 g/mol. The number of ketones is 1. The lowest BCUT2D eigenvalue weighted by Gasteiger charge is -2.04. The van der Waals surface area contributed by atoms with Gasteiger partial charge in [-0.1, -0.05) is 29.8 Å². The third-order valence-electron chi connectivity index (χ3n) is 2.39. The minimum atomic E-state index is -1.13. The lowest BCUT2D eigenvalue weighted by Crippen LogP contribution is -2.44. The van der Waals surface area contributed by atoms with E-state index in [2.05, 4.69) is 0 Å². The summed E-state index contributed by atoms with van der Waals surface area (Å²) in [5.74, 6) is -3.27. The molecule has 0 aliphatic carbocycles. The number of aryl methyl sites for hydroxylation is 1. The second kappa shape index (κ2) is 7.45. The number of carbonyl (C=O) groups is 3. The predicted molar refractivity (Wildman–Crippen MR) is 73.3 cm³/mol. The van der Waals surface area contributed by atoms with Crippen LogP contribution in [0.1, 0.15) is 17.5 Å². The number of benzene rings is 1. The van der Waals surface area contributed by atoms with E-state index in [4.69, 9.17) is 5.26 Å². The molecule has 21 heavy (non-hydrogen) atoms. The van der Waals surface area contributed by atoms with Gasteiger partial charge in [-0.25, -0.2) is 0 Å². The molecule has 0 unspecified atom stereocenters. The van der Waals surface area contributed by atoms with E-state index in [-0.39, 0.29) is 5.76 Å². The molecule has 0 bridgehead atoms. The van der Waals surface area contributed by atoms with Crippen LogP contribution in [0.5, 0.6) is 0 Å². The summed E-state index contributed by atoms with van der Waals surface area (Å²) in [7, 11) is 0. The smallest absolute Gasteiger partial charge is 0.310 e. The highest BCUT2D eigenvalue weighted by atomic mass is 16.3. The minimum absolute atomic E-state index is 0.362. The van der Waals surface area contributed by atoms with Crippen molar-refractivity contribution in [1.82, 2.24) is 10.9 Å². The monoisotopic (exact) mass is 287 g/mol. The number of nitriles is 1. The first-order chi connectivity index (χ1) is 9.93. The Bertz CT molecular complexity index is 627. The van der Waals surface area contributed by atoms with Crippen LogP contribution in [0.25, 0.3) is 5.76 Å². The van der Waals surface area contributed by atoms with Gasteiger partial charge in [0.05, 0.1) is 6.07 Å². The molecular weight excluding hydrogens is 274 g/mol. The van der Waals surface area contributed by atoms with E-state index in [9.17, 15) is 19.5 Å². The second-order valence-corrected chi connectivity index (χ2v) is 4.10. The van der Waals surface area contributed by atoms with Crippen LogP contribution in [0.4, 0.5) is 0 Å². The summed E-state index contributed by atoms with van der Waals surface area (Å²) in [5, 5.41) is 18.0. The molecule has 0 fully saturated rings. The molecule has 108 valence electrons. The number of hydrazine groups is 1. The topological polar surface area (TPSA) is 119 Å². The van der Waals surface area contributed by atoms with Crippen LogP contribution in [0.2, 0.25) is 0 Å². The summed E-state index contributed by atoms with van der Waals surface area (Å²) in [6.45, 7) is 1.87. The van der Waals surface area contributed by atoms with Crippen molar-refractivity contribution in [3.05, 3.63) is 41.5 Å². The van der Waals surface area contributed by atoms with Crippen molar-refractivity contribution in [2.24, 2.45) is 0 Å². The van der Waals surface area contributed by atoms with E-state index < -0.39 is 24.0 Å². The number of carbonyl (C=O) groups excluding carboxylic acids is 3. The third kappa shape index (κ3) is 5.16. The number of hydrogen-bond donors (Lipinski definition) is 3. The maximum Gasteiger partial charge on any atom is 0.310 e. The van der Waals surface area contributed by atoms with Gasteiger partial charge in [0.25, 0.3) is 5.91 Å². The molecule has 0 spiro atoms. The van der Waals surface area contributed by atoms with Gasteiger partial charge in [0.1, 0.15) is 12.2 Å². The Morgan fingerprint density at radius 2 is 1.86 bits per heavy atom. The molecule has 3 N–H and O–H groups in total. The molecule has 1 aromatic carbocycles. The lowest BCUT2D eigenvalue weighted by atomic mass is 10.1. The highest BCUT2D eigenvalue weighted by Crippen LogP contribution is 2.12. The number of nitrogens with zero attached hydrogens (tertiary/aromatic N) is 1. The van der Waals surface area contributed by atoms with Crippen LogP contribution in [0.15, 0.2) is 30.3 Å². The molecule has 0 saturated heterocycles. The Labute approximate surface area is 120 Å². The zero-order valence-corrected chi connectivity index (χ0v) is 11.2. The van der Waals surface area contributed by atoms with E-state index in [1.807, 2.05) is 17.8 Å². The summed E-state index contributed by atoms with van der Waals surface area (Å²) in [6, 6.07) is 8.26. The molecule has 2 amide bonds. The first-order valence-electron chi connectivity index (χ1n) is 5.92. The van der Waals surface area contributed by atoms with Gasteiger partial charge in [-0.15, -0.1) is 0 Å². The van der Waals surface area contributed by atoms with Crippen LogP contribution >= 0.6 is 0 Å². The van der Waals surface area contributed by atoms with Gasteiger partial charge in [0.2, 0.25) is 5.78 Å². The number of aliphatic hydroxyl groups excluding tert-OH is 1. The molecule has 0 aliphatic rings. The minimum Gasteiger partial charge on any atom is -0.507 e. The molecule has 1 aromatic rings. The fourth-order valence-electron chi connectivity index (χ4n) is 1.30. The van der Waals surface area contributed by atoms with E-state index in [0.29, 0.717) is 5.56 Å². The van der Waals surface area contributed by atoms with E-state index in [1.54, 1.807) is 30.3 Å². The summed E-state index contributed by atoms with van der Waals surface area (Å²) < 4.78 is 0. The van der Waals surface area contributed by atoms with Gasteiger partial charge in [0.15, 0.2) is 0 Å². The van der Waals surface area contributed by atoms with Gasteiger partial charge in [-0.05, 0) is 6.92 Å². The highest BCUT2D eigenvalue weighted by Gasteiger charge is 2.13. The fourth-order valence-corrected chi connectivity index (χ4v) is 1.30. The highest BCUT2D eigenvalue weighted by molar-refractivity contribution is 6.41. The molecule has 0 atom stereocenters. The van der Waals surface area contributed by atoms with Gasteiger partial charge in [-0.3, -0.25) is 25.2 Å². The van der Waals surface area contributed by atoms with Gasteiger partial charge in [-0.2, -0.15) is 5.26 Å². The summed E-state index contributed by atoms with van der Waals surface area (Å²) in [4.78, 5) is 33.8. The summed E-state index contributed by atoms with van der Waals surface area (Å²) in [5.41, 5.74) is 5.10. The van der Waals surface area contributed by atoms with E-state index >= 15 is 0 Å². The SMILES string of the molecule is Cc1ccc(/C(O)=C/C(=O)C(=O)NNC(=O)CC#N)cc1. The molecule has 0 saturated carbocycles. The van der Waals surface area contributed by atoms with Gasteiger partial charge in [0, 0.05) is 11.6 Å². The van der Waals surface area contributed by atoms with Crippen LogP contribution in [0.3, 0.4) is 0 Å². The maximum atomic E-state index is 11.5. The van der Waals surface area contributed by atoms with Crippen molar-refractivity contribution in [1.29, 1.82) is 5.26 Å². The van der Waals surface area contributed by atoms with Crippen LogP contribution in [0, 0.1) is 18.3 Å². The zero-order valence-electron chi connectivity index (χ0n) is 11.2. The summed E-state index contributed by atoms with van der Waals surface area (Å²) in [6.07, 6.45) is 0.301. The molecule has 0 radical (unpaired) electrons. The number of rotatable bonds is 4. The van der Waals surface area contributed by atoms with Crippen LogP contribution < -0.4 is 10.9 Å². The Kier molecular flexibility index (Phi) is 5.65. The molecular formula is C14H13N3O4. The van der Waals surface area contributed by atoms with E-state index in [0.717, 1.165) is 11.6 Å². The summed E-state index contributed by atoms with van der Waals surface area (Å²) >= 11 is 0. The average Bonchev–Trinajstić information content (AvgIpc) is 2.45. The largest absolute Gasteiger partial charge is 0.507 e. The molecule has 1 rings (SSSR count). The maximum absolute atomic E-state index is 11.5. The quantitative estimate of drug-likeness (QED) is 0.323. The van der Waals surface area contributed by atoms with Crippen molar-refractivity contribution in [3.8, 4) is 6.07 Å². The molecule has 0 aromatic heterocycles. The van der Waals surface area contributed by atoms with Crippen LogP contribution in [-0.4, -0.2) is 22.7 Å². The lowest BCUT2D eigenvalue weighted by molar-refractivity contribution is -0.137. The Hall–Kier alpha value is -3.14. The molecule has 0 heterocycles. The third-order valence-corrected chi connectivity index (χ3v) is 2.39. The first-order valence-corrected chi connectivity index (χ1v) is 5.92. The number of aliphatic hydroxyl groups is 1. The van der Waals surface area contributed by atoms with E-state index in [1.165, 1.54) is 0 Å². The van der Waals surface area contributed by atoms with Crippen molar-refractivity contribution in [2.45, 2.75) is 13.3 Å². The first kappa shape index (κ1) is 15.9. The van der Waals surface area contributed by atoms with Crippen molar-refractivity contribution in [3.63, 3.8) is 0 Å². The van der Waals surface area contributed by atoms with Crippen LogP contribution in [-0.2, 0) is 14.4 Å². The number of hydrogen-bond acceptors (Lipinski definition) is 5. The Morgan fingerprint density at radius 3 is 2.43 bits per heavy atom. The Balaban J connectivity index is 2.64. The predicted octanol–water partition coefficient (Wildman–Crippen LogP) is 0.524. The fraction of sp³-hybridized carbons (Fsp3) is 0.143. The van der Waals surface area contributed by atoms with Crippen molar-refractivity contribution < 1.29 is 19.5 Å².